The minimum atomic E-state index is -1.07. The van der Waals surface area contributed by atoms with E-state index in [1.807, 2.05) is 0 Å². The molecule has 0 amide bonds. The van der Waals surface area contributed by atoms with Crippen LogP contribution in [0.25, 0.3) is 11.3 Å². The van der Waals surface area contributed by atoms with Gasteiger partial charge in [-0.3, -0.25) is 5.10 Å². The van der Waals surface area contributed by atoms with Crippen molar-refractivity contribution in [1.82, 2.24) is 10.2 Å². The second kappa shape index (κ2) is 5.19. The number of phenolic OH excluding ortho intramolecular Hbond substituents is 1. The van der Waals surface area contributed by atoms with Gasteiger partial charge in [-0.25, -0.2) is 4.79 Å². The summed E-state index contributed by atoms with van der Waals surface area (Å²) in [4.78, 5) is 11.1. The first-order valence-electron chi connectivity index (χ1n) is 7.62. The molecule has 7 nitrogen and oxygen atoms in total. The van der Waals surface area contributed by atoms with Crippen molar-refractivity contribution in [3.05, 3.63) is 22.9 Å². The summed E-state index contributed by atoms with van der Waals surface area (Å²) in [5.41, 5.74) is 2.80. The first-order chi connectivity index (χ1) is 11.2. The van der Waals surface area contributed by atoms with Gasteiger partial charge in [-0.1, -0.05) is 0 Å². The Hall–Kier alpha value is -2.70. The van der Waals surface area contributed by atoms with E-state index in [9.17, 15) is 9.90 Å². The number of hydrogen-bond acceptors (Lipinski definition) is 5. The lowest BCUT2D eigenvalue weighted by molar-refractivity contribution is 0.0690. The highest BCUT2D eigenvalue weighted by Crippen LogP contribution is 2.51. The van der Waals surface area contributed by atoms with Crippen molar-refractivity contribution in [1.29, 1.82) is 0 Å². The first kappa shape index (κ1) is 13.9. The van der Waals surface area contributed by atoms with Crippen molar-refractivity contribution in [3.63, 3.8) is 0 Å². The van der Waals surface area contributed by atoms with E-state index >= 15 is 0 Å². The van der Waals surface area contributed by atoms with Crippen LogP contribution in [-0.4, -0.2) is 39.6 Å². The molecule has 0 atom stereocenters. The molecule has 1 aromatic carbocycles. The molecule has 4 rings (SSSR count). The topological polar surface area (TPSA) is 105 Å². The fourth-order valence-electron chi connectivity index (χ4n) is 3.25. The minimum absolute atomic E-state index is 0.0168. The number of phenols is 1. The van der Waals surface area contributed by atoms with Gasteiger partial charge in [0.1, 0.15) is 11.4 Å². The molecule has 0 bridgehead atoms. The number of benzene rings is 1. The Labute approximate surface area is 131 Å². The van der Waals surface area contributed by atoms with Gasteiger partial charge < -0.3 is 19.7 Å². The summed E-state index contributed by atoms with van der Waals surface area (Å²) in [7, 11) is 0. The number of carboxylic acids is 1. The predicted octanol–water partition coefficient (Wildman–Crippen LogP) is 2.13. The minimum Gasteiger partial charge on any atom is -0.504 e. The van der Waals surface area contributed by atoms with E-state index in [4.69, 9.17) is 14.6 Å². The number of nitrogens with one attached hydrogen (secondary N) is 1. The Balaban J connectivity index is 1.98. The van der Waals surface area contributed by atoms with E-state index in [0.717, 1.165) is 30.4 Å². The lowest BCUT2D eigenvalue weighted by Gasteiger charge is -2.28. The number of hydrogen-bond donors (Lipinski definition) is 3. The van der Waals surface area contributed by atoms with Crippen LogP contribution in [0.4, 0.5) is 0 Å². The summed E-state index contributed by atoms with van der Waals surface area (Å²) in [6.45, 7) is 1.12. The Kier molecular flexibility index (Phi) is 3.14. The molecule has 3 N–H and O–H groups in total. The third kappa shape index (κ3) is 2.11. The lowest BCUT2D eigenvalue weighted by atomic mass is 9.90. The zero-order valence-corrected chi connectivity index (χ0v) is 12.4. The van der Waals surface area contributed by atoms with Crippen molar-refractivity contribution < 1.29 is 24.5 Å². The molecule has 120 valence electrons. The third-order valence-electron chi connectivity index (χ3n) is 4.28. The average Bonchev–Trinajstić information content (AvgIpc) is 3.05. The normalized spacial score (nSPS) is 16.0. The molecular formula is C16H16N2O5. The van der Waals surface area contributed by atoms with Gasteiger partial charge in [0.15, 0.2) is 11.5 Å². The van der Waals surface area contributed by atoms with E-state index in [2.05, 4.69) is 10.2 Å². The largest absolute Gasteiger partial charge is 0.504 e. The molecule has 1 aromatic heterocycles. The van der Waals surface area contributed by atoms with Crippen molar-refractivity contribution >= 4 is 5.97 Å². The lowest BCUT2D eigenvalue weighted by Crippen LogP contribution is -2.16. The standard InChI is InChI=1S/C16H16N2O5/c19-13-9-4-2-5-22-14(9)12(8-3-1-6-23-15(8)13)10-7-11(16(20)21)18-17-10/h7,19H,1-6H2,(H,17,18)(H,20,21). The molecule has 0 aliphatic carbocycles. The van der Waals surface area contributed by atoms with Crippen LogP contribution in [0.1, 0.15) is 34.5 Å². The van der Waals surface area contributed by atoms with Crippen LogP contribution in [0.15, 0.2) is 6.07 Å². The molecule has 23 heavy (non-hydrogen) atoms. The van der Waals surface area contributed by atoms with Gasteiger partial charge in [0.2, 0.25) is 0 Å². The van der Waals surface area contributed by atoms with Crippen molar-refractivity contribution in [2.45, 2.75) is 25.7 Å². The second-order valence-corrected chi connectivity index (χ2v) is 5.72. The number of carbonyl (C=O) groups is 1. The van der Waals surface area contributed by atoms with Crippen LogP contribution in [0.3, 0.4) is 0 Å². The van der Waals surface area contributed by atoms with E-state index in [-0.39, 0.29) is 11.4 Å². The predicted molar refractivity (Wildman–Crippen MR) is 80.3 cm³/mol. The average molecular weight is 316 g/mol. The molecule has 2 aliphatic heterocycles. The Morgan fingerprint density at radius 2 is 1.83 bits per heavy atom. The summed E-state index contributed by atoms with van der Waals surface area (Å²) >= 11 is 0. The van der Waals surface area contributed by atoms with Crippen LogP contribution < -0.4 is 9.47 Å². The molecule has 0 fully saturated rings. The molecule has 0 saturated heterocycles. The summed E-state index contributed by atoms with van der Waals surface area (Å²) < 4.78 is 11.5. The number of carboxylic acid groups (broad SMARTS) is 1. The fraction of sp³-hybridized carbons (Fsp3) is 0.375. The molecule has 0 radical (unpaired) electrons. The van der Waals surface area contributed by atoms with Gasteiger partial charge in [-0.2, -0.15) is 5.10 Å². The van der Waals surface area contributed by atoms with Crippen LogP contribution >= 0.6 is 0 Å². The molecular weight excluding hydrogens is 300 g/mol. The number of aromatic carboxylic acids is 1. The summed E-state index contributed by atoms with van der Waals surface area (Å²) in [5, 5.41) is 26.3. The van der Waals surface area contributed by atoms with Crippen LogP contribution in [0, 0.1) is 0 Å². The number of H-pyrrole nitrogens is 1. The van der Waals surface area contributed by atoms with Crippen LogP contribution in [0.2, 0.25) is 0 Å². The van der Waals surface area contributed by atoms with Crippen molar-refractivity contribution in [2.75, 3.05) is 13.2 Å². The van der Waals surface area contributed by atoms with Gasteiger partial charge in [0, 0.05) is 11.1 Å². The monoisotopic (exact) mass is 316 g/mol. The fourth-order valence-corrected chi connectivity index (χ4v) is 3.25. The number of aromatic amines is 1. The highest BCUT2D eigenvalue weighted by Gasteiger charge is 2.31. The quantitative estimate of drug-likeness (QED) is 0.784. The molecule has 0 saturated carbocycles. The first-order valence-corrected chi connectivity index (χ1v) is 7.62. The molecule has 0 spiro atoms. The Bertz CT molecular complexity index is 759. The summed E-state index contributed by atoms with van der Waals surface area (Å²) in [5.74, 6) is 0.159. The van der Waals surface area contributed by atoms with E-state index < -0.39 is 5.97 Å². The maximum Gasteiger partial charge on any atom is 0.353 e. The molecule has 2 aliphatic rings. The number of aromatic hydroxyl groups is 1. The molecule has 7 heteroatoms. The summed E-state index contributed by atoms with van der Waals surface area (Å²) in [6, 6.07) is 1.49. The van der Waals surface area contributed by atoms with E-state index in [1.165, 1.54) is 6.07 Å². The molecule has 3 heterocycles. The van der Waals surface area contributed by atoms with Gasteiger partial charge >= 0.3 is 5.97 Å². The van der Waals surface area contributed by atoms with E-state index in [1.54, 1.807) is 0 Å². The van der Waals surface area contributed by atoms with Crippen molar-refractivity contribution in [3.8, 4) is 28.5 Å². The van der Waals surface area contributed by atoms with Crippen molar-refractivity contribution in [2.24, 2.45) is 0 Å². The molecule has 0 unspecified atom stereocenters. The smallest absolute Gasteiger partial charge is 0.353 e. The number of ether oxygens (including phenoxy) is 2. The maximum atomic E-state index is 11.1. The number of nitrogens with zero attached hydrogens (tertiary/aromatic N) is 1. The third-order valence-corrected chi connectivity index (χ3v) is 4.28. The number of rotatable bonds is 2. The Morgan fingerprint density at radius 1 is 1.13 bits per heavy atom. The number of fused-ring (bicyclic) bond motifs is 2. The van der Waals surface area contributed by atoms with Gasteiger partial charge in [-0.15, -0.1) is 0 Å². The number of aromatic nitrogens is 2. The van der Waals surface area contributed by atoms with Crippen LogP contribution in [-0.2, 0) is 12.8 Å². The highest BCUT2D eigenvalue weighted by atomic mass is 16.5. The van der Waals surface area contributed by atoms with Gasteiger partial charge in [-0.05, 0) is 31.7 Å². The van der Waals surface area contributed by atoms with E-state index in [0.29, 0.717) is 42.4 Å². The van der Waals surface area contributed by atoms with Gasteiger partial charge in [0.05, 0.1) is 24.5 Å². The SMILES string of the molecule is O=C(O)c1cc(-c2c3c(c(O)c4c2OCCC4)OCCC3)n[nH]1. The molecule has 2 aromatic rings. The Morgan fingerprint density at radius 3 is 2.52 bits per heavy atom. The highest BCUT2D eigenvalue weighted by molar-refractivity contribution is 5.88. The zero-order chi connectivity index (χ0) is 16.0. The zero-order valence-electron chi connectivity index (χ0n) is 12.4. The second-order valence-electron chi connectivity index (χ2n) is 5.72. The van der Waals surface area contributed by atoms with Crippen LogP contribution in [0.5, 0.6) is 17.2 Å². The summed E-state index contributed by atoms with van der Waals surface area (Å²) in [6.07, 6.45) is 3.07. The maximum absolute atomic E-state index is 11.1. The van der Waals surface area contributed by atoms with Gasteiger partial charge in [0.25, 0.3) is 0 Å².